The zero-order chi connectivity index (χ0) is 16.0. The van der Waals surface area contributed by atoms with Crippen LogP contribution >= 0.6 is 0 Å². The topological polar surface area (TPSA) is 65.7 Å². The third-order valence-electron chi connectivity index (χ3n) is 4.77. The number of para-hydroxylation sites is 1. The SMILES string of the molecule is COc1cccc2c1OC(=O)[C@H]1[C@@H](c3ccco3)CC(=O)C[C@@H]21. The molecule has 1 aromatic carbocycles. The van der Waals surface area contributed by atoms with Crippen LogP contribution in [0.15, 0.2) is 41.0 Å². The van der Waals surface area contributed by atoms with E-state index in [0.717, 1.165) is 5.56 Å². The summed E-state index contributed by atoms with van der Waals surface area (Å²) in [5.41, 5.74) is 0.860. The summed E-state index contributed by atoms with van der Waals surface area (Å²) >= 11 is 0. The van der Waals surface area contributed by atoms with Crippen molar-refractivity contribution in [2.75, 3.05) is 7.11 Å². The summed E-state index contributed by atoms with van der Waals surface area (Å²) in [6, 6.07) is 9.10. The molecule has 2 aliphatic rings. The summed E-state index contributed by atoms with van der Waals surface area (Å²) in [5, 5.41) is 0. The van der Waals surface area contributed by atoms with Crippen LogP contribution < -0.4 is 9.47 Å². The third kappa shape index (κ3) is 2.15. The number of fused-ring (bicyclic) bond motifs is 3. The van der Waals surface area contributed by atoms with Gasteiger partial charge >= 0.3 is 5.97 Å². The Bertz CT molecular complexity index is 762. The molecular formula is C18H16O5. The molecule has 5 heteroatoms. The molecule has 1 aliphatic carbocycles. The standard InChI is InChI=1S/C18H16O5/c1-21-15-5-2-4-11-12-8-10(19)9-13(14-6-3-7-22-14)16(12)18(20)23-17(11)15/h2-7,12-13,16H,8-9H2,1H3/t12-,13+,16+/m0/s1. The first kappa shape index (κ1) is 14.1. The van der Waals surface area contributed by atoms with E-state index in [1.54, 1.807) is 18.4 Å². The molecule has 2 heterocycles. The van der Waals surface area contributed by atoms with Gasteiger partial charge in [0.05, 0.1) is 19.3 Å². The molecule has 0 radical (unpaired) electrons. The van der Waals surface area contributed by atoms with Gasteiger partial charge in [0.1, 0.15) is 11.5 Å². The van der Waals surface area contributed by atoms with Gasteiger partial charge in [-0.25, -0.2) is 0 Å². The molecule has 1 saturated carbocycles. The first-order valence-corrected chi connectivity index (χ1v) is 7.62. The van der Waals surface area contributed by atoms with Crippen LogP contribution in [-0.2, 0) is 9.59 Å². The van der Waals surface area contributed by atoms with Crippen molar-refractivity contribution in [3.8, 4) is 11.5 Å². The van der Waals surface area contributed by atoms with Gasteiger partial charge in [-0.15, -0.1) is 0 Å². The number of esters is 1. The highest BCUT2D eigenvalue weighted by Crippen LogP contribution is 2.52. The second kappa shape index (κ2) is 5.26. The minimum atomic E-state index is -0.404. The molecule has 0 unspecified atom stereocenters. The Hall–Kier alpha value is -2.56. The van der Waals surface area contributed by atoms with Gasteiger partial charge in [-0.1, -0.05) is 12.1 Å². The molecule has 0 spiro atoms. The number of benzene rings is 1. The largest absolute Gasteiger partial charge is 0.493 e. The van der Waals surface area contributed by atoms with Crippen LogP contribution in [0.25, 0.3) is 0 Å². The van der Waals surface area contributed by atoms with E-state index < -0.39 is 5.92 Å². The lowest BCUT2D eigenvalue weighted by Gasteiger charge is -2.39. The average Bonchev–Trinajstić information content (AvgIpc) is 3.08. The number of carbonyl (C=O) groups excluding carboxylic acids is 2. The molecule has 5 nitrogen and oxygen atoms in total. The number of furan rings is 1. The summed E-state index contributed by atoms with van der Waals surface area (Å²) in [5.74, 6) is 0.559. The van der Waals surface area contributed by atoms with Gasteiger partial charge < -0.3 is 13.9 Å². The van der Waals surface area contributed by atoms with Gasteiger partial charge in [0.25, 0.3) is 0 Å². The zero-order valence-electron chi connectivity index (χ0n) is 12.7. The van der Waals surface area contributed by atoms with Crippen LogP contribution in [-0.4, -0.2) is 18.9 Å². The number of ketones is 1. The van der Waals surface area contributed by atoms with Crippen LogP contribution in [0.5, 0.6) is 11.5 Å². The molecule has 1 aliphatic heterocycles. The van der Waals surface area contributed by atoms with E-state index >= 15 is 0 Å². The normalized spacial score (nSPS) is 26.2. The van der Waals surface area contributed by atoms with Gasteiger partial charge in [0.15, 0.2) is 11.5 Å². The summed E-state index contributed by atoms with van der Waals surface area (Å²) in [6.45, 7) is 0. The van der Waals surface area contributed by atoms with Crippen LogP contribution in [0.4, 0.5) is 0 Å². The molecule has 2 aromatic rings. The van der Waals surface area contributed by atoms with E-state index in [2.05, 4.69) is 0 Å². The lowest BCUT2D eigenvalue weighted by molar-refractivity contribution is -0.145. The number of ether oxygens (including phenoxy) is 2. The smallest absolute Gasteiger partial charge is 0.315 e. The molecule has 0 saturated heterocycles. The fourth-order valence-electron chi connectivity index (χ4n) is 3.78. The molecule has 0 bridgehead atoms. The van der Waals surface area contributed by atoms with E-state index in [0.29, 0.717) is 30.1 Å². The highest BCUT2D eigenvalue weighted by molar-refractivity contribution is 5.89. The highest BCUT2D eigenvalue weighted by Gasteiger charge is 2.49. The maximum Gasteiger partial charge on any atom is 0.315 e. The van der Waals surface area contributed by atoms with Crippen molar-refractivity contribution in [1.82, 2.24) is 0 Å². The first-order chi connectivity index (χ1) is 11.2. The fourth-order valence-corrected chi connectivity index (χ4v) is 3.78. The van der Waals surface area contributed by atoms with E-state index in [-0.39, 0.29) is 23.6 Å². The third-order valence-corrected chi connectivity index (χ3v) is 4.77. The number of Topliss-reactive ketones (excluding diaryl/α,β-unsaturated/α-hetero) is 1. The van der Waals surface area contributed by atoms with Crippen molar-refractivity contribution in [3.63, 3.8) is 0 Å². The highest BCUT2D eigenvalue weighted by atomic mass is 16.6. The Morgan fingerprint density at radius 3 is 2.65 bits per heavy atom. The molecule has 0 amide bonds. The van der Waals surface area contributed by atoms with Crippen molar-refractivity contribution < 1.29 is 23.5 Å². The molecular weight excluding hydrogens is 296 g/mol. The molecule has 0 N–H and O–H groups in total. The quantitative estimate of drug-likeness (QED) is 0.630. The van der Waals surface area contributed by atoms with E-state index in [1.807, 2.05) is 18.2 Å². The molecule has 118 valence electrons. The van der Waals surface area contributed by atoms with Gasteiger partial charge in [-0.2, -0.15) is 0 Å². The Labute approximate surface area is 133 Å². The van der Waals surface area contributed by atoms with E-state index in [1.165, 1.54) is 7.11 Å². The number of methoxy groups -OCH3 is 1. The first-order valence-electron chi connectivity index (χ1n) is 7.62. The van der Waals surface area contributed by atoms with Crippen LogP contribution in [0.2, 0.25) is 0 Å². The zero-order valence-corrected chi connectivity index (χ0v) is 12.7. The number of rotatable bonds is 2. The van der Waals surface area contributed by atoms with Crippen molar-refractivity contribution in [2.45, 2.75) is 24.7 Å². The maximum absolute atomic E-state index is 12.6. The number of hydrogen-bond donors (Lipinski definition) is 0. The van der Waals surface area contributed by atoms with Gasteiger partial charge in [0.2, 0.25) is 0 Å². The maximum atomic E-state index is 12.6. The van der Waals surface area contributed by atoms with Crippen molar-refractivity contribution in [3.05, 3.63) is 47.9 Å². The second-order valence-corrected chi connectivity index (χ2v) is 6.00. The molecule has 23 heavy (non-hydrogen) atoms. The summed E-state index contributed by atoms with van der Waals surface area (Å²) in [7, 11) is 1.53. The van der Waals surface area contributed by atoms with Gasteiger partial charge in [-0.05, 0) is 18.2 Å². The molecule has 1 fully saturated rings. The summed E-state index contributed by atoms with van der Waals surface area (Å²) in [6.07, 6.45) is 2.22. The molecule has 1 aromatic heterocycles. The minimum absolute atomic E-state index is 0.135. The molecule has 3 atom stereocenters. The Balaban J connectivity index is 1.83. The lowest BCUT2D eigenvalue weighted by atomic mass is 9.67. The monoisotopic (exact) mass is 312 g/mol. The van der Waals surface area contributed by atoms with E-state index in [9.17, 15) is 9.59 Å². The number of hydrogen-bond acceptors (Lipinski definition) is 5. The summed E-state index contributed by atoms with van der Waals surface area (Å²) < 4.78 is 16.3. The van der Waals surface area contributed by atoms with Crippen LogP contribution in [0.3, 0.4) is 0 Å². The van der Waals surface area contributed by atoms with E-state index in [4.69, 9.17) is 13.9 Å². The Morgan fingerprint density at radius 1 is 1.09 bits per heavy atom. The number of carbonyl (C=O) groups is 2. The predicted octanol–water partition coefficient (Wildman–Crippen LogP) is 3.05. The molecule has 4 rings (SSSR count). The van der Waals surface area contributed by atoms with Crippen LogP contribution in [0.1, 0.15) is 36.0 Å². The van der Waals surface area contributed by atoms with Crippen molar-refractivity contribution in [1.29, 1.82) is 0 Å². The second-order valence-electron chi connectivity index (χ2n) is 6.00. The Morgan fingerprint density at radius 2 is 1.91 bits per heavy atom. The fraction of sp³-hybridized carbons (Fsp3) is 0.333. The van der Waals surface area contributed by atoms with Gasteiger partial charge in [0, 0.05) is 30.2 Å². The van der Waals surface area contributed by atoms with Gasteiger partial charge in [-0.3, -0.25) is 9.59 Å². The summed E-state index contributed by atoms with van der Waals surface area (Å²) in [4.78, 5) is 24.9. The average molecular weight is 312 g/mol. The van der Waals surface area contributed by atoms with Crippen LogP contribution in [0, 0.1) is 5.92 Å². The van der Waals surface area contributed by atoms with Crippen molar-refractivity contribution >= 4 is 11.8 Å². The minimum Gasteiger partial charge on any atom is -0.493 e. The predicted molar refractivity (Wildman–Crippen MR) is 80.6 cm³/mol. The Kier molecular flexibility index (Phi) is 3.22. The lowest BCUT2D eigenvalue weighted by Crippen LogP contribution is -2.41. The van der Waals surface area contributed by atoms with Crippen molar-refractivity contribution in [2.24, 2.45) is 5.92 Å².